The molecule has 0 radical (unpaired) electrons. The molecular formula is C26H27FN4O2S. The number of hydrogen-bond acceptors (Lipinski definition) is 5. The summed E-state index contributed by atoms with van der Waals surface area (Å²) in [7, 11) is 0. The summed E-state index contributed by atoms with van der Waals surface area (Å²) in [6.07, 6.45) is 2.55. The lowest BCUT2D eigenvalue weighted by molar-refractivity contribution is -0.133. The first-order valence-electron chi connectivity index (χ1n) is 11.7. The van der Waals surface area contributed by atoms with E-state index in [-0.39, 0.29) is 23.5 Å². The number of hydrogen-bond donors (Lipinski definition) is 1. The Morgan fingerprint density at radius 3 is 2.53 bits per heavy atom. The van der Waals surface area contributed by atoms with Crippen molar-refractivity contribution >= 4 is 34.0 Å². The first-order valence-corrected chi connectivity index (χ1v) is 12.5. The number of thiazole rings is 1. The van der Waals surface area contributed by atoms with Crippen LogP contribution < -0.4 is 10.2 Å². The molecule has 1 unspecified atom stereocenters. The highest BCUT2D eigenvalue weighted by Gasteiger charge is 2.34. The third-order valence-corrected chi connectivity index (χ3v) is 7.62. The number of nitrogens with zero attached hydrogens (tertiary/aromatic N) is 3. The molecule has 6 nitrogen and oxygen atoms in total. The van der Waals surface area contributed by atoms with E-state index in [4.69, 9.17) is 0 Å². The summed E-state index contributed by atoms with van der Waals surface area (Å²) >= 11 is 1.46. The number of carbonyl (C=O) groups excluding carboxylic acids is 2. The molecular weight excluding hydrogens is 451 g/mol. The maximum Gasteiger partial charge on any atom is 0.257 e. The smallest absolute Gasteiger partial charge is 0.257 e. The van der Waals surface area contributed by atoms with Gasteiger partial charge in [-0.15, -0.1) is 11.3 Å². The molecule has 1 fully saturated rings. The van der Waals surface area contributed by atoms with Crippen molar-refractivity contribution in [3.05, 3.63) is 76.0 Å². The molecule has 0 bridgehead atoms. The van der Waals surface area contributed by atoms with Gasteiger partial charge in [-0.1, -0.05) is 29.8 Å². The molecule has 2 amide bonds. The van der Waals surface area contributed by atoms with Crippen molar-refractivity contribution in [2.24, 2.45) is 0 Å². The van der Waals surface area contributed by atoms with E-state index in [1.807, 2.05) is 34.9 Å². The number of benzene rings is 2. The maximum absolute atomic E-state index is 14.1. The maximum atomic E-state index is 14.1. The summed E-state index contributed by atoms with van der Waals surface area (Å²) in [4.78, 5) is 35.7. The Morgan fingerprint density at radius 2 is 1.79 bits per heavy atom. The van der Waals surface area contributed by atoms with E-state index >= 15 is 0 Å². The normalized spacial score (nSPS) is 17.9. The minimum atomic E-state index is -0.287. The van der Waals surface area contributed by atoms with Crippen molar-refractivity contribution < 1.29 is 14.0 Å². The summed E-state index contributed by atoms with van der Waals surface area (Å²) in [6.45, 7) is 4.29. The topological polar surface area (TPSA) is 65.5 Å². The molecule has 1 saturated heterocycles. The second-order valence-corrected chi connectivity index (χ2v) is 9.94. The fraction of sp³-hybridized carbons (Fsp3) is 0.346. The number of carbonyl (C=O) groups is 2. The van der Waals surface area contributed by atoms with Gasteiger partial charge >= 0.3 is 0 Å². The SMILES string of the molecule is Cc1ccc(C(=O)Nc2nc3c(s2)CCCC3C(=O)N2CCN(c3ccccc3F)CC2)cc1. The number of amides is 2. The number of nitrogens with one attached hydrogen (secondary N) is 1. The van der Waals surface area contributed by atoms with Gasteiger partial charge in [-0.25, -0.2) is 9.37 Å². The molecule has 5 rings (SSSR count). The van der Waals surface area contributed by atoms with Crippen molar-refractivity contribution in [1.82, 2.24) is 9.88 Å². The van der Waals surface area contributed by atoms with Gasteiger partial charge in [-0.05, 0) is 50.5 Å². The summed E-state index contributed by atoms with van der Waals surface area (Å²) in [6, 6.07) is 14.2. The van der Waals surface area contributed by atoms with Crippen molar-refractivity contribution in [3.8, 4) is 0 Å². The quantitative estimate of drug-likeness (QED) is 0.595. The predicted octanol–water partition coefficient (Wildman–Crippen LogP) is 4.61. The van der Waals surface area contributed by atoms with Gasteiger partial charge in [-0.3, -0.25) is 14.9 Å². The minimum Gasteiger partial charge on any atom is -0.366 e. The summed E-state index contributed by atoms with van der Waals surface area (Å²) in [5.41, 5.74) is 3.07. The second kappa shape index (κ2) is 9.54. The fourth-order valence-electron chi connectivity index (χ4n) is 4.68. The molecule has 1 N–H and O–H groups in total. The number of piperazine rings is 1. The molecule has 3 aromatic rings. The third-order valence-electron chi connectivity index (χ3n) is 6.57. The van der Waals surface area contributed by atoms with E-state index in [0.717, 1.165) is 35.4 Å². The Bertz CT molecular complexity index is 1200. The molecule has 8 heteroatoms. The van der Waals surface area contributed by atoms with Crippen LogP contribution in [0.2, 0.25) is 0 Å². The summed E-state index contributed by atoms with van der Waals surface area (Å²) in [5, 5.41) is 3.45. The lowest BCUT2D eigenvalue weighted by atomic mass is 9.89. The van der Waals surface area contributed by atoms with Crippen LogP contribution in [0.1, 0.15) is 45.3 Å². The van der Waals surface area contributed by atoms with Gasteiger partial charge in [0.2, 0.25) is 5.91 Å². The van der Waals surface area contributed by atoms with E-state index in [1.54, 1.807) is 24.3 Å². The molecule has 1 atom stereocenters. The average Bonchev–Trinajstić information content (AvgIpc) is 3.27. The monoisotopic (exact) mass is 478 g/mol. The number of rotatable bonds is 4. The lowest BCUT2D eigenvalue weighted by Gasteiger charge is -2.38. The number of fused-ring (bicyclic) bond motifs is 1. The Kier molecular flexibility index (Phi) is 6.32. The molecule has 2 heterocycles. The zero-order valence-electron chi connectivity index (χ0n) is 19.1. The van der Waals surface area contributed by atoms with Crippen molar-refractivity contribution in [1.29, 1.82) is 0 Å². The highest BCUT2D eigenvalue weighted by Crippen LogP contribution is 2.38. The Hall–Kier alpha value is -3.26. The van der Waals surface area contributed by atoms with E-state index in [9.17, 15) is 14.0 Å². The van der Waals surface area contributed by atoms with Crippen LogP contribution in [0.4, 0.5) is 15.2 Å². The zero-order chi connectivity index (χ0) is 23.7. The number of para-hydroxylation sites is 1. The van der Waals surface area contributed by atoms with Gasteiger partial charge in [0.25, 0.3) is 5.91 Å². The highest BCUT2D eigenvalue weighted by atomic mass is 32.1. The van der Waals surface area contributed by atoms with Gasteiger partial charge < -0.3 is 9.80 Å². The van der Waals surface area contributed by atoms with Crippen LogP contribution in [0, 0.1) is 12.7 Å². The Morgan fingerprint density at radius 1 is 1.06 bits per heavy atom. The Labute approximate surface area is 202 Å². The van der Waals surface area contributed by atoms with Crippen LogP contribution in [0.15, 0.2) is 48.5 Å². The molecule has 0 spiro atoms. The van der Waals surface area contributed by atoms with Crippen LogP contribution in [0.25, 0.3) is 0 Å². The van der Waals surface area contributed by atoms with E-state index in [1.165, 1.54) is 17.4 Å². The minimum absolute atomic E-state index is 0.0795. The number of aryl methyl sites for hydroxylation is 2. The molecule has 1 aliphatic heterocycles. The predicted molar refractivity (Wildman–Crippen MR) is 132 cm³/mol. The number of anilines is 2. The summed E-state index contributed by atoms with van der Waals surface area (Å²) < 4.78 is 14.1. The molecule has 2 aliphatic rings. The van der Waals surface area contributed by atoms with Crippen LogP contribution in [0.3, 0.4) is 0 Å². The van der Waals surface area contributed by atoms with Gasteiger partial charge in [0.1, 0.15) is 5.82 Å². The van der Waals surface area contributed by atoms with E-state index in [2.05, 4.69) is 10.3 Å². The largest absolute Gasteiger partial charge is 0.366 e. The van der Waals surface area contributed by atoms with Crippen LogP contribution >= 0.6 is 11.3 Å². The molecule has 2 aromatic carbocycles. The third kappa shape index (κ3) is 4.55. The molecule has 34 heavy (non-hydrogen) atoms. The van der Waals surface area contributed by atoms with Gasteiger partial charge in [-0.2, -0.15) is 0 Å². The number of halogens is 1. The van der Waals surface area contributed by atoms with Crippen molar-refractivity contribution in [2.75, 3.05) is 36.4 Å². The lowest BCUT2D eigenvalue weighted by Crippen LogP contribution is -2.50. The molecule has 0 saturated carbocycles. The highest BCUT2D eigenvalue weighted by molar-refractivity contribution is 7.16. The standard InChI is InChI=1S/C26H27FN4O2S/c1-17-9-11-18(12-10-17)24(32)29-26-28-23-19(5-4-8-22(23)34-26)25(33)31-15-13-30(14-16-31)21-7-3-2-6-20(21)27/h2-3,6-7,9-12,19H,4-5,8,13-16H2,1H3,(H,28,29,32). The molecule has 1 aliphatic carbocycles. The van der Waals surface area contributed by atoms with Gasteiger partial charge in [0.15, 0.2) is 5.13 Å². The van der Waals surface area contributed by atoms with Crippen molar-refractivity contribution in [3.63, 3.8) is 0 Å². The average molecular weight is 479 g/mol. The van der Waals surface area contributed by atoms with Gasteiger partial charge in [0, 0.05) is 36.6 Å². The van der Waals surface area contributed by atoms with Crippen LogP contribution in [-0.2, 0) is 11.2 Å². The van der Waals surface area contributed by atoms with E-state index < -0.39 is 0 Å². The molecule has 1 aromatic heterocycles. The zero-order valence-corrected chi connectivity index (χ0v) is 19.9. The second-order valence-electron chi connectivity index (χ2n) is 8.86. The van der Waals surface area contributed by atoms with Gasteiger partial charge in [0.05, 0.1) is 17.3 Å². The Balaban J connectivity index is 1.26. The van der Waals surface area contributed by atoms with Crippen molar-refractivity contribution in [2.45, 2.75) is 32.1 Å². The molecule has 176 valence electrons. The van der Waals surface area contributed by atoms with Crippen LogP contribution in [-0.4, -0.2) is 47.9 Å². The fourth-order valence-corrected chi connectivity index (χ4v) is 5.74. The number of aromatic nitrogens is 1. The summed E-state index contributed by atoms with van der Waals surface area (Å²) in [5.74, 6) is -0.638. The van der Waals surface area contributed by atoms with E-state index in [0.29, 0.717) is 42.6 Å². The first kappa shape index (κ1) is 22.5. The van der Waals surface area contributed by atoms with Crippen LogP contribution in [0.5, 0.6) is 0 Å². The first-order chi connectivity index (χ1) is 16.5.